The van der Waals surface area contributed by atoms with Gasteiger partial charge in [-0.25, -0.2) is 4.98 Å². The molecular weight excluding hydrogens is 369 g/mol. The fourth-order valence-electron chi connectivity index (χ4n) is 2.59. The van der Waals surface area contributed by atoms with Gasteiger partial charge >= 0.3 is 6.18 Å². The van der Waals surface area contributed by atoms with Crippen molar-refractivity contribution in [3.63, 3.8) is 0 Å². The number of thiazole rings is 1. The number of amides is 1. The van der Waals surface area contributed by atoms with Gasteiger partial charge in [0, 0.05) is 18.7 Å². The van der Waals surface area contributed by atoms with E-state index in [0.717, 1.165) is 6.20 Å². The summed E-state index contributed by atoms with van der Waals surface area (Å²) in [5, 5.41) is 2.75. The van der Waals surface area contributed by atoms with Crippen molar-refractivity contribution in [2.24, 2.45) is 5.92 Å². The molecule has 0 radical (unpaired) electrons. The molecular formula is C17H17F3N2O3S. The molecule has 1 aromatic carbocycles. The first kappa shape index (κ1) is 18.7. The summed E-state index contributed by atoms with van der Waals surface area (Å²) in [6, 6.07) is 4.95. The quantitative estimate of drug-likeness (QED) is 0.814. The molecule has 2 aromatic rings. The lowest BCUT2D eigenvalue weighted by Crippen LogP contribution is -2.38. The Morgan fingerprint density at radius 2 is 2.08 bits per heavy atom. The number of halogens is 3. The number of carbonyl (C=O) groups excluding carboxylic acids is 1. The molecule has 1 heterocycles. The number of nitrogens with zero attached hydrogens (tertiary/aromatic N) is 1. The van der Waals surface area contributed by atoms with Crippen LogP contribution >= 0.6 is 11.3 Å². The van der Waals surface area contributed by atoms with Crippen LogP contribution in [0.3, 0.4) is 0 Å². The maximum atomic E-state index is 12.6. The summed E-state index contributed by atoms with van der Waals surface area (Å²) < 4.78 is 48.4. The third kappa shape index (κ3) is 4.16. The van der Waals surface area contributed by atoms with Crippen molar-refractivity contribution < 1.29 is 27.4 Å². The number of ether oxygens (including phenoxy) is 2. The van der Waals surface area contributed by atoms with Gasteiger partial charge in [0.1, 0.15) is 10.6 Å². The van der Waals surface area contributed by atoms with Gasteiger partial charge in [0.15, 0.2) is 0 Å². The fourth-order valence-corrected chi connectivity index (χ4v) is 3.23. The molecule has 0 aliphatic heterocycles. The summed E-state index contributed by atoms with van der Waals surface area (Å²) >= 11 is 0.435. The Morgan fingerprint density at radius 3 is 2.65 bits per heavy atom. The fraction of sp³-hybridized carbons (Fsp3) is 0.412. The highest BCUT2D eigenvalue weighted by Gasteiger charge is 2.35. The third-order valence-corrected chi connectivity index (χ3v) is 5.12. The SMILES string of the molecule is COC1CC(C(=O)Nc2ccc(Oc3ncc(C(F)(F)F)s3)c(C)c2)C1. The lowest BCUT2D eigenvalue weighted by molar-refractivity contribution is -0.134. The van der Waals surface area contributed by atoms with Gasteiger partial charge in [-0.05, 0) is 43.5 Å². The molecule has 140 valence electrons. The Kier molecular flexibility index (Phi) is 5.19. The van der Waals surface area contributed by atoms with Crippen LogP contribution in [0.5, 0.6) is 10.9 Å². The van der Waals surface area contributed by atoms with E-state index in [1.807, 2.05) is 0 Å². The Hall–Kier alpha value is -2.13. The zero-order chi connectivity index (χ0) is 18.9. The van der Waals surface area contributed by atoms with Crippen LogP contribution in [0.2, 0.25) is 0 Å². The van der Waals surface area contributed by atoms with Crippen molar-refractivity contribution in [2.45, 2.75) is 32.0 Å². The Balaban J connectivity index is 1.62. The number of hydrogen-bond donors (Lipinski definition) is 1. The van der Waals surface area contributed by atoms with Crippen molar-refractivity contribution >= 4 is 22.9 Å². The summed E-state index contributed by atoms with van der Waals surface area (Å²) in [5.41, 5.74) is 1.28. The van der Waals surface area contributed by atoms with Crippen molar-refractivity contribution in [3.8, 4) is 10.9 Å². The second-order valence-electron chi connectivity index (χ2n) is 6.09. The Bertz CT molecular complexity index is 801. The monoisotopic (exact) mass is 386 g/mol. The zero-order valence-electron chi connectivity index (χ0n) is 14.1. The van der Waals surface area contributed by atoms with E-state index in [2.05, 4.69) is 10.3 Å². The van der Waals surface area contributed by atoms with Gasteiger partial charge in [0.25, 0.3) is 5.19 Å². The normalized spacial score (nSPS) is 19.7. The molecule has 9 heteroatoms. The van der Waals surface area contributed by atoms with E-state index in [-0.39, 0.29) is 23.1 Å². The first-order chi connectivity index (χ1) is 12.3. The molecule has 0 atom stereocenters. The Morgan fingerprint density at radius 1 is 1.35 bits per heavy atom. The van der Waals surface area contributed by atoms with Crippen LogP contribution in [0.1, 0.15) is 23.3 Å². The minimum absolute atomic E-state index is 0.0627. The number of rotatable bonds is 5. The van der Waals surface area contributed by atoms with E-state index in [1.165, 1.54) is 0 Å². The molecule has 1 aromatic heterocycles. The molecule has 0 saturated heterocycles. The minimum atomic E-state index is -4.44. The maximum Gasteiger partial charge on any atom is 0.427 e. The lowest BCUT2D eigenvalue weighted by Gasteiger charge is -2.32. The van der Waals surface area contributed by atoms with E-state index in [9.17, 15) is 18.0 Å². The molecule has 3 rings (SSSR count). The average molecular weight is 386 g/mol. The minimum Gasteiger partial charge on any atom is -0.431 e. The smallest absolute Gasteiger partial charge is 0.427 e. The number of methoxy groups -OCH3 is 1. The van der Waals surface area contributed by atoms with Crippen molar-refractivity contribution in [1.29, 1.82) is 0 Å². The van der Waals surface area contributed by atoms with Gasteiger partial charge in [-0.2, -0.15) is 13.2 Å². The third-order valence-electron chi connectivity index (χ3n) is 4.20. The van der Waals surface area contributed by atoms with E-state index in [1.54, 1.807) is 32.2 Å². The van der Waals surface area contributed by atoms with Crippen molar-refractivity contribution in [2.75, 3.05) is 12.4 Å². The largest absolute Gasteiger partial charge is 0.431 e. The molecule has 1 amide bonds. The van der Waals surface area contributed by atoms with Crippen molar-refractivity contribution in [1.82, 2.24) is 4.98 Å². The number of aryl methyl sites for hydroxylation is 1. The summed E-state index contributed by atoms with van der Waals surface area (Å²) in [5.74, 6) is 0.252. The van der Waals surface area contributed by atoms with Crippen LogP contribution < -0.4 is 10.1 Å². The number of hydrogen-bond acceptors (Lipinski definition) is 5. The van der Waals surface area contributed by atoms with E-state index >= 15 is 0 Å². The number of alkyl halides is 3. The number of nitrogens with one attached hydrogen (secondary N) is 1. The number of benzene rings is 1. The van der Waals surface area contributed by atoms with Crippen LogP contribution in [0.4, 0.5) is 18.9 Å². The van der Waals surface area contributed by atoms with Gasteiger partial charge in [0.2, 0.25) is 5.91 Å². The predicted octanol–water partition coefficient (Wildman–Crippen LogP) is 4.63. The highest BCUT2D eigenvalue weighted by Crippen LogP contribution is 2.38. The number of carbonyl (C=O) groups is 1. The molecule has 1 saturated carbocycles. The Labute approximate surface area is 152 Å². The molecule has 1 N–H and O–H groups in total. The van der Waals surface area contributed by atoms with Crippen LogP contribution in [0.15, 0.2) is 24.4 Å². The molecule has 1 fully saturated rings. The van der Waals surface area contributed by atoms with Crippen LogP contribution in [0.25, 0.3) is 0 Å². The van der Waals surface area contributed by atoms with Gasteiger partial charge < -0.3 is 14.8 Å². The highest BCUT2D eigenvalue weighted by atomic mass is 32.1. The maximum absolute atomic E-state index is 12.6. The molecule has 0 unspecified atom stereocenters. The lowest BCUT2D eigenvalue weighted by atomic mass is 9.81. The van der Waals surface area contributed by atoms with E-state index in [0.29, 0.717) is 41.2 Å². The molecule has 26 heavy (non-hydrogen) atoms. The first-order valence-corrected chi connectivity index (χ1v) is 8.73. The van der Waals surface area contributed by atoms with Crippen LogP contribution in [-0.4, -0.2) is 24.1 Å². The van der Waals surface area contributed by atoms with Gasteiger partial charge in [-0.3, -0.25) is 4.79 Å². The van der Waals surface area contributed by atoms with Gasteiger partial charge in [-0.15, -0.1) is 0 Å². The topological polar surface area (TPSA) is 60.5 Å². The van der Waals surface area contributed by atoms with Crippen LogP contribution in [-0.2, 0) is 15.7 Å². The average Bonchev–Trinajstić information content (AvgIpc) is 2.98. The molecule has 5 nitrogen and oxygen atoms in total. The molecule has 0 spiro atoms. The summed E-state index contributed by atoms with van der Waals surface area (Å²) in [4.78, 5) is 15.0. The highest BCUT2D eigenvalue weighted by molar-refractivity contribution is 7.13. The van der Waals surface area contributed by atoms with Gasteiger partial charge in [0.05, 0.1) is 12.3 Å². The summed E-state index contributed by atoms with van der Waals surface area (Å²) in [7, 11) is 1.63. The zero-order valence-corrected chi connectivity index (χ0v) is 14.9. The molecule has 0 bridgehead atoms. The molecule has 1 aliphatic rings. The summed E-state index contributed by atoms with van der Waals surface area (Å²) in [6.45, 7) is 1.74. The number of aromatic nitrogens is 1. The second-order valence-corrected chi connectivity index (χ2v) is 7.08. The van der Waals surface area contributed by atoms with Crippen LogP contribution in [0, 0.1) is 12.8 Å². The van der Waals surface area contributed by atoms with E-state index in [4.69, 9.17) is 9.47 Å². The predicted molar refractivity (Wildman–Crippen MR) is 90.5 cm³/mol. The first-order valence-electron chi connectivity index (χ1n) is 7.91. The van der Waals surface area contributed by atoms with Crippen molar-refractivity contribution in [3.05, 3.63) is 34.8 Å². The van der Waals surface area contributed by atoms with E-state index < -0.39 is 11.1 Å². The standard InChI is InChI=1S/C17H17F3N2O3S/c1-9-5-11(22-15(23)10-6-12(7-10)24-2)3-4-13(9)25-16-21-8-14(26-16)17(18,19)20/h3-5,8,10,12H,6-7H2,1-2H3,(H,22,23). The summed E-state index contributed by atoms with van der Waals surface area (Å²) in [6.07, 6.45) is -2.15. The molecule has 1 aliphatic carbocycles. The van der Waals surface area contributed by atoms with Gasteiger partial charge in [-0.1, -0.05) is 11.3 Å². The number of anilines is 1. The second kappa shape index (κ2) is 7.24.